The lowest BCUT2D eigenvalue weighted by atomic mass is 9.80. The van der Waals surface area contributed by atoms with Crippen molar-refractivity contribution in [3.63, 3.8) is 0 Å². The van der Waals surface area contributed by atoms with Crippen molar-refractivity contribution < 1.29 is 19.0 Å². The molecule has 3 aromatic rings. The van der Waals surface area contributed by atoms with Gasteiger partial charge in [0.05, 0.1) is 25.7 Å². The van der Waals surface area contributed by atoms with E-state index in [1.807, 2.05) is 91.0 Å². The molecule has 2 atom stereocenters. The third kappa shape index (κ3) is 5.76. The fourth-order valence-corrected chi connectivity index (χ4v) is 4.52. The van der Waals surface area contributed by atoms with E-state index in [4.69, 9.17) is 19.7 Å². The number of benzene rings is 3. The number of amides is 1. The fraction of sp³-hybridized carbons (Fsp3) is 0.276. The van der Waals surface area contributed by atoms with Gasteiger partial charge in [-0.3, -0.25) is 4.90 Å². The molecule has 8 heteroatoms. The van der Waals surface area contributed by atoms with E-state index in [1.165, 1.54) is 4.90 Å². The number of hydrogen-bond acceptors (Lipinski definition) is 5. The Hall–Kier alpha value is -4.28. The van der Waals surface area contributed by atoms with E-state index < -0.39 is 23.8 Å². The predicted octanol–water partition coefficient (Wildman–Crippen LogP) is 5.14. The molecule has 0 N–H and O–H groups in total. The first-order chi connectivity index (χ1) is 18.2. The molecule has 4 rings (SSSR count). The molecule has 188 valence electrons. The summed E-state index contributed by atoms with van der Waals surface area (Å²) in [5.74, 6) is 5.75. The van der Waals surface area contributed by atoms with Gasteiger partial charge in [0.2, 0.25) is 0 Å². The second-order valence-corrected chi connectivity index (χ2v) is 8.41. The molecule has 0 spiro atoms. The number of nitrogens with zero attached hydrogens (tertiary/aromatic N) is 4. The van der Waals surface area contributed by atoms with Gasteiger partial charge in [-0.2, -0.15) is 0 Å². The number of methoxy groups -OCH3 is 1. The Balaban J connectivity index is 1.71. The van der Waals surface area contributed by atoms with Crippen molar-refractivity contribution in [1.82, 2.24) is 4.90 Å². The van der Waals surface area contributed by atoms with Crippen molar-refractivity contribution in [2.75, 3.05) is 33.4 Å². The highest BCUT2D eigenvalue weighted by Crippen LogP contribution is 2.41. The Morgan fingerprint density at radius 3 is 1.97 bits per heavy atom. The summed E-state index contributed by atoms with van der Waals surface area (Å²) in [5.41, 5.74) is 10.8. The van der Waals surface area contributed by atoms with E-state index in [-0.39, 0.29) is 26.3 Å². The Labute approximate surface area is 216 Å². The second-order valence-electron chi connectivity index (χ2n) is 8.41. The summed E-state index contributed by atoms with van der Waals surface area (Å²) in [5, 5.41) is 3.73. The fourth-order valence-electron chi connectivity index (χ4n) is 4.52. The van der Waals surface area contributed by atoms with E-state index in [0.29, 0.717) is 0 Å². The highest BCUT2D eigenvalue weighted by atomic mass is 16.6. The molecule has 0 unspecified atom stereocenters. The molecule has 0 saturated carbocycles. The number of carbonyl (C=O) groups excluding carboxylic acids is 1. The molecule has 1 heterocycles. The molecule has 1 aliphatic heterocycles. The number of rotatable bonds is 10. The summed E-state index contributed by atoms with van der Waals surface area (Å²) in [7, 11) is 1.55. The van der Waals surface area contributed by atoms with Crippen molar-refractivity contribution in [2.45, 2.75) is 17.7 Å². The molecular weight excluding hydrogens is 468 g/mol. The van der Waals surface area contributed by atoms with E-state index in [1.54, 1.807) is 7.11 Å². The molecule has 0 bridgehead atoms. The first kappa shape index (κ1) is 25.8. The number of carbonyl (C=O) groups is 1. The minimum Gasteiger partial charge on any atom is -0.441 e. The van der Waals surface area contributed by atoms with Gasteiger partial charge in [0.25, 0.3) is 0 Å². The molecule has 0 radical (unpaired) electrons. The zero-order chi connectivity index (χ0) is 25.9. The minimum atomic E-state index is -0.967. The molecule has 37 heavy (non-hydrogen) atoms. The lowest BCUT2D eigenvalue weighted by Crippen LogP contribution is -2.43. The maximum Gasteiger partial charge on any atom is 0.411 e. The number of hydrogen-bond donors (Lipinski definition) is 0. The van der Waals surface area contributed by atoms with Gasteiger partial charge in [0.15, 0.2) is 0 Å². The zero-order valence-corrected chi connectivity index (χ0v) is 20.6. The SMILES string of the molecule is COCC#CCN1C(=O)O[C@H](COC(c2ccccc2)(c2ccccc2)c2ccccc2)[C@H]1CN=[N+]=[N-]. The van der Waals surface area contributed by atoms with Crippen LogP contribution in [-0.4, -0.2) is 56.6 Å². The van der Waals surface area contributed by atoms with Gasteiger partial charge in [-0.05, 0) is 22.2 Å². The van der Waals surface area contributed by atoms with Crippen molar-refractivity contribution in [3.05, 3.63) is 118 Å². The molecule has 0 aromatic heterocycles. The van der Waals surface area contributed by atoms with E-state index in [0.717, 1.165) is 16.7 Å². The van der Waals surface area contributed by atoms with Crippen LogP contribution in [0.2, 0.25) is 0 Å². The largest absolute Gasteiger partial charge is 0.441 e. The number of ether oxygens (including phenoxy) is 3. The average molecular weight is 497 g/mol. The first-order valence-corrected chi connectivity index (χ1v) is 11.9. The molecule has 8 nitrogen and oxygen atoms in total. The summed E-state index contributed by atoms with van der Waals surface area (Å²) in [4.78, 5) is 17.1. The normalized spacial score (nSPS) is 16.9. The van der Waals surface area contributed by atoms with Gasteiger partial charge in [-0.15, -0.1) is 0 Å². The Morgan fingerprint density at radius 2 is 1.49 bits per heavy atom. The molecule has 1 saturated heterocycles. The summed E-state index contributed by atoms with van der Waals surface area (Å²) in [6, 6.07) is 29.3. The molecule has 1 aliphatic rings. The van der Waals surface area contributed by atoms with Crippen molar-refractivity contribution in [3.8, 4) is 11.8 Å². The van der Waals surface area contributed by atoms with Crippen LogP contribution in [0.3, 0.4) is 0 Å². The predicted molar refractivity (Wildman–Crippen MR) is 140 cm³/mol. The Morgan fingerprint density at radius 1 is 0.946 bits per heavy atom. The van der Waals surface area contributed by atoms with Gasteiger partial charge in [-0.25, -0.2) is 4.79 Å². The van der Waals surface area contributed by atoms with Crippen LogP contribution in [-0.2, 0) is 19.8 Å². The Kier molecular flexibility index (Phi) is 8.79. The topological polar surface area (TPSA) is 96.8 Å². The zero-order valence-electron chi connectivity index (χ0n) is 20.6. The van der Waals surface area contributed by atoms with Gasteiger partial charge < -0.3 is 14.2 Å². The quantitative estimate of drug-likeness (QED) is 0.128. The van der Waals surface area contributed by atoms with E-state index >= 15 is 0 Å². The highest BCUT2D eigenvalue weighted by molar-refractivity contribution is 5.71. The highest BCUT2D eigenvalue weighted by Gasteiger charge is 2.44. The Bertz CT molecular complexity index is 1170. The minimum absolute atomic E-state index is 0.0389. The summed E-state index contributed by atoms with van der Waals surface area (Å²) >= 11 is 0. The van der Waals surface area contributed by atoms with Gasteiger partial charge in [0.1, 0.15) is 18.3 Å². The van der Waals surface area contributed by atoms with Crippen LogP contribution in [0.4, 0.5) is 4.79 Å². The van der Waals surface area contributed by atoms with Crippen molar-refractivity contribution in [2.24, 2.45) is 5.11 Å². The van der Waals surface area contributed by atoms with Gasteiger partial charge in [-0.1, -0.05) is 108 Å². The summed E-state index contributed by atoms with van der Waals surface area (Å²) in [6.45, 7) is 0.491. The first-order valence-electron chi connectivity index (χ1n) is 11.9. The molecular formula is C29H28N4O4. The van der Waals surface area contributed by atoms with Crippen molar-refractivity contribution >= 4 is 6.09 Å². The number of azide groups is 1. The standard InChI is InChI=1S/C29H28N4O4/c1-35-20-12-11-19-33-26(21-31-32-30)27(37-28(33)34)22-36-29(23-13-5-2-6-14-23,24-15-7-3-8-16-24)25-17-9-4-10-18-25/h2-10,13-18,26-27H,19-22H2,1H3/t26-,27-/m1/s1. The maximum absolute atomic E-state index is 12.8. The van der Waals surface area contributed by atoms with Crippen LogP contribution in [0.1, 0.15) is 16.7 Å². The second kappa shape index (κ2) is 12.6. The molecule has 0 aliphatic carbocycles. The third-order valence-electron chi connectivity index (χ3n) is 6.24. The molecule has 1 fully saturated rings. The molecule has 1 amide bonds. The van der Waals surface area contributed by atoms with Crippen LogP contribution in [0.5, 0.6) is 0 Å². The average Bonchev–Trinajstić information content (AvgIpc) is 3.25. The molecule has 3 aromatic carbocycles. The van der Waals surface area contributed by atoms with Gasteiger partial charge in [0, 0.05) is 12.0 Å². The third-order valence-corrected chi connectivity index (χ3v) is 6.24. The van der Waals surface area contributed by atoms with Gasteiger partial charge >= 0.3 is 6.09 Å². The van der Waals surface area contributed by atoms with Crippen LogP contribution >= 0.6 is 0 Å². The van der Waals surface area contributed by atoms with E-state index in [9.17, 15) is 4.79 Å². The lowest BCUT2D eigenvalue weighted by Gasteiger charge is -2.37. The van der Waals surface area contributed by atoms with E-state index in [2.05, 4.69) is 21.9 Å². The van der Waals surface area contributed by atoms with Crippen LogP contribution in [0, 0.1) is 11.8 Å². The smallest absolute Gasteiger partial charge is 0.411 e. The monoisotopic (exact) mass is 496 g/mol. The van der Waals surface area contributed by atoms with Crippen molar-refractivity contribution in [1.29, 1.82) is 0 Å². The summed E-state index contributed by atoms with van der Waals surface area (Å²) in [6.07, 6.45) is -1.19. The van der Waals surface area contributed by atoms with Crippen LogP contribution in [0.15, 0.2) is 96.1 Å². The summed E-state index contributed by atoms with van der Waals surface area (Å²) < 4.78 is 17.5. The number of cyclic esters (lactones) is 1. The lowest BCUT2D eigenvalue weighted by molar-refractivity contribution is -0.0368. The van der Waals surface area contributed by atoms with Crippen LogP contribution in [0.25, 0.3) is 10.4 Å². The van der Waals surface area contributed by atoms with Crippen LogP contribution < -0.4 is 0 Å². The maximum atomic E-state index is 12.8.